The Kier molecular flexibility index (Phi) is 5.93. The highest BCUT2D eigenvalue weighted by Gasteiger charge is 2.38. The number of guanidine groups is 1. The maximum absolute atomic E-state index is 4.42. The van der Waals surface area contributed by atoms with Gasteiger partial charge in [0.1, 0.15) is 11.6 Å². The topological polar surface area (TPSA) is 67.1 Å². The van der Waals surface area contributed by atoms with Crippen molar-refractivity contribution < 1.29 is 0 Å². The maximum atomic E-state index is 4.42. The lowest BCUT2D eigenvalue weighted by atomic mass is 9.64. The van der Waals surface area contributed by atoms with Gasteiger partial charge in [-0.2, -0.15) is 0 Å². The van der Waals surface area contributed by atoms with E-state index in [4.69, 9.17) is 0 Å². The van der Waals surface area contributed by atoms with Gasteiger partial charge in [-0.05, 0) is 31.2 Å². The smallest absolute Gasteiger partial charge is 0.191 e. The van der Waals surface area contributed by atoms with Gasteiger partial charge in [-0.25, -0.2) is 0 Å². The van der Waals surface area contributed by atoms with Gasteiger partial charge < -0.3 is 15.2 Å². The summed E-state index contributed by atoms with van der Waals surface area (Å²) in [5.74, 6) is 3.13. The first-order valence-electron chi connectivity index (χ1n) is 10.7. The molecule has 1 aliphatic carbocycles. The summed E-state index contributed by atoms with van der Waals surface area (Å²) >= 11 is 0. The molecule has 0 spiro atoms. The summed E-state index contributed by atoms with van der Waals surface area (Å²) in [5.41, 5.74) is 1.69. The van der Waals surface area contributed by atoms with E-state index in [2.05, 4.69) is 60.7 Å². The number of aliphatic imine (C=N–C) groups is 1. The van der Waals surface area contributed by atoms with Crippen LogP contribution in [0, 0.1) is 0 Å². The van der Waals surface area contributed by atoms with Gasteiger partial charge in [0.15, 0.2) is 5.96 Å². The fourth-order valence-corrected chi connectivity index (χ4v) is 4.46. The van der Waals surface area contributed by atoms with Crippen molar-refractivity contribution in [3.8, 4) is 0 Å². The molecule has 2 N–H and O–H groups in total. The molecular formula is C22H32N6. The van der Waals surface area contributed by atoms with Crippen LogP contribution in [0.5, 0.6) is 0 Å². The maximum Gasteiger partial charge on any atom is 0.191 e. The summed E-state index contributed by atoms with van der Waals surface area (Å²) in [7, 11) is 1.84. The van der Waals surface area contributed by atoms with Crippen LogP contribution in [0.3, 0.4) is 0 Å². The third kappa shape index (κ3) is 4.05. The SMILES string of the molecule is CN=C(NCCc1nnc2n1CCCCC2)NCC1(c2ccccc2)CCC1. The summed E-state index contributed by atoms with van der Waals surface area (Å²) in [6.07, 6.45) is 9.48. The molecule has 6 nitrogen and oxygen atoms in total. The van der Waals surface area contributed by atoms with Gasteiger partial charge in [0, 0.05) is 44.9 Å². The summed E-state index contributed by atoms with van der Waals surface area (Å²) in [6.45, 7) is 2.80. The van der Waals surface area contributed by atoms with E-state index in [1.165, 1.54) is 44.1 Å². The van der Waals surface area contributed by atoms with Crippen molar-refractivity contribution in [1.29, 1.82) is 0 Å². The van der Waals surface area contributed by atoms with Gasteiger partial charge >= 0.3 is 0 Å². The number of fused-ring (bicyclic) bond motifs is 1. The highest BCUT2D eigenvalue weighted by atomic mass is 15.3. The zero-order valence-electron chi connectivity index (χ0n) is 17.0. The van der Waals surface area contributed by atoms with E-state index in [0.29, 0.717) is 0 Å². The van der Waals surface area contributed by atoms with E-state index < -0.39 is 0 Å². The van der Waals surface area contributed by atoms with Gasteiger partial charge in [0.05, 0.1) is 0 Å². The molecule has 2 aromatic rings. The predicted octanol–water partition coefficient (Wildman–Crippen LogP) is 2.83. The molecule has 6 heteroatoms. The molecular weight excluding hydrogens is 348 g/mol. The minimum atomic E-state index is 0.253. The van der Waals surface area contributed by atoms with Gasteiger partial charge in [0.25, 0.3) is 0 Å². The number of aromatic nitrogens is 3. The minimum Gasteiger partial charge on any atom is -0.356 e. The molecule has 150 valence electrons. The zero-order valence-corrected chi connectivity index (χ0v) is 17.0. The normalized spacial score (nSPS) is 18.7. The molecule has 0 unspecified atom stereocenters. The second-order valence-corrected chi connectivity index (χ2v) is 8.10. The van der Waals surface area contributed by atoms with Crippen LogP contribution in [-0.4, -0.2) is 40.9 Å². The highest BCUT2D eigenvalue weighted by Crippen LogP contribution is 2.43. The zero-order chi connectivity index (χ0) is 19.2. The van der Waals surface area contributed by atoms with Crippen molar-refractivity contribution in [2.24, 2.45) is 4.99 Å². The molecule has 4 rings (SSSR count). The molecule has 1 aliphatic heterocycles. The average molecular weight is 381 g/mol. The van der Waals surface area contributed by atoms with E-state index in [0.717, 1.165) is 50.1 Å². The summed E-state index contributed by atoms with van der Waals surface area (Å²) in [6, 6.07) is 10.9. The number of rotatable bonds is 6. The molecule has 0 amide bonds. The molecule has 2 heterocycles. The van der Waals surface area contributed by atoms with Gasteiger partial charge in [-0.1, -0.05) is 43.2 Å². The number of hydrogen-bond acceptors (Lipinski definition) is 3. The van der Waals surface area contributed by atoms with E-state index in [-0.39, 0.29) is 5.41 Å². The number of nitrogens with one attached hydrogen (secondary N) is 2. The standard InChI is InChI=1S/C22H32N6/c1-23-21(25-17-22(13-8-14-22)18-9-4-2-5-10-18)24-15-12-20-27-26-19-11-6-3-7-16-28(19)20/h2,4-5,9-10H,3,6-8,11-17H2,1H3,(H2,23,24,25). The number of aryl methyl sites for hydroxylation is 1. The van der Waals surface area contributed by atoms with Crippen LogP contribution in [0.1, 0.15) is 55.7 Å². The van der Waals surface area contributed by atoms with Crippen molar-refractivity contribution in [2.75, 3.05) is 20.1 Å². The quantitative estimate of drug-likeness (QED) is 0.597. The van der Waals surface area contributed by atoms with E-state index in [1.807, 2.05) is 7.05 Å². The van der Waals surface area contributed by atoms with Crippen molar-refractivity contribution in [3.05, 3.63) is 47.5 Å². The molecule has 2 aliphatic rings. The van der Waals surface area contributed by atoms with Crippen molar-refractivity contribution in [1.82, 2.24) is 25.4 Å². The first-order chi connectivity index (χ1) is 13.8. The van der Waals surface area contributed by atoms with Gasteiger partial charge in [-0.15, -0.1) is 10.2 Å². The predicted molar refractivity (Wildman–Crippen MR) is 113 cm³/mol. The third-order valence-electron chi connectivity index (χ3n) is 6.34. The Morgan fingerprint density at radius 1 is 1.07 bits per heavy atom. The molecule has 0 saturated heterocycles. The van der Waals surface area contributed by atoms with E-state index in [1.54, 1.807) is 0 Å². The molecule has 1 aromatic carbocycles. The van der Waals surface area contributed by atoms with Crippen molar-refractivity contribution >= 4 is 5.96 Å². The fraction of sp³-hybridized carbons (Fsp3) is 0.591. The first kappa shape index (κ1) is 19.0. The number of nitrogens with zero attached hydrogens (tertiary/aromatic N) is 4. The Hall–Kier alpha value is -2.37. The molecule has 0 atom stereocenters. The molecule has 28 heavy (non-hydrogen) atoms. The highest BCUT2D eigenvalue weighted by molar-refractivity contribution is 5.79. The molecule has 1 saturated carbocycles. The van der Waals surface area contributed by atoms with Crippen LogP contribution in [0.4, 0.5) is 0 Å². The van der Waals surface area contributed by atoms with Crippen LogP contribution in [0.15, 0.2) is 35.3 Å². The van der Waals surface area contributed by atoms with Crippen LogP contribution < -0.4 is 10.6 Å². The van der Waals surface area contributed by atoms with Gasteiger partial charge in [0.2, 0.25) is 0 Å². The summed E-state index contributed by atoms with van der Waals surface area (Å²) in [4.78, 5) is 4.42. The Labute approximate surface area is 167 Å². The lowest BCUT2D eigenvalue weighted by Crippen LogP contribution is -2.49. The monoisotopic (exact) mass is 380 g/mol. The summed E-state index contributed by atoms with van der Waals surface area (Å²) < 4.78 is 2.32. The molecule has 1 fully saturated rings. The fourth-order valence-electron chi connectivity index (χ4n) is 4.46. The summed E-state index contributed by atoms with van der Waals surface area (Å²) in [5, 5.41) is 15.8. The third-order valence-corrected chi connectivity index (χ3v) is 6.34. The number of benzene rings is 1. The van der Waals surface area contributed by atoms with Gasteiger partial charge in [-0.3, -0.25) is 4.99 Å². The lowest BCUT2D eigenvalue weighted by molar-refractivity contribution is 0.244. The Bertz CT molecular complexity index is 791. The van der Waals surface area contributed by atoms with Crippen LogP contribution in [0.25, 0.3) is 0 Å². The minimum absolute atomic E-state index is 0.253. The second-order valence-electron chi connectivity index (χ2n) is 8.10. The molecule has 1 aromatic heterocycles. The first-order valence-corrected chi connectivity index (χ1v) is 10.7. The van der Waals surface area contributed by atoms with E-state index >= 15 is 0 Å². The number of hydrogen-bond donors (Lipinski definition) is 2. The van der Waals surface area contributed by atoms with Crippen molar-refractivity contribution in [3.63, 3.8) is 0 Å². The Balaban J connectivity index is 1.29. The van der Waals surface area contributed by atoms with Crippen LogP contribution in [0.2, 0.25) is 0 Å². The average Bonchev–Trinajstić information content (AvgIpc) is 2.93. The lowest BCUT2D eigenvalue weighted by Gasteiger charge is -2.43. The molecule has 0 radical (unpaired) electrons. The largest absolute Gasteiger partial charge is 0.356 e. The Morgan fingerprint density at radius 3 is 2.68 bits per heavy atom. The Morgan fingerprint density at radius 2 is 1.93 bits per heavy atom. The molecule has 0 bridgehead atoms. The van der Waals surface area contributed by atoms with Crippen LogP contribution in [-0.2, 0) is 24.8 Å². The van der Waals surface area contributed by atoms with Crippen LogP contribution >= 0.6 is 0 Å². The van der Waals surface area contributed by atoms with Crippen molar-refractivity contribution in [2.45, 2.75) is 63.3 Å². The van der Waals surface area contributed by atoms with E-state index in [9.17, 15) is 0 Å². The second kappa shape index (κ2) is 8.76.